The Morgan fingerprint density at radius 1 is 1.16 bits per heavy atom. The highest BCUT2D eigenvalue weighted by molar-refractivity contribution is 7.97. The highest BCUT2D eigenvalue weighted by Gasteiger charge is 2.18. The fraction of sp³-hybridized carbons (Fsp3) is 0.200. The fourth-order valence-corrected chi connectivity index (χ4v) is 4.14. The van der Waals surface area contributed by atoms with Gasteiger partial charge in [0.2, 0.25) is 0 Å². The Labute approximate surface area is 190 Å². The van der Waals surface area contributed by atoms with Crippen LogP contribution in [0.4, 0.5) is 4.39 Å². The van der Waals surface area contributed by atoms with Gasteiger partial charge in [0, 0.05) is 29.3 Å². The summed E-state index contributed by atoms with van der Waals surface area (Å²) in [5, 5.41) is 0.761. The number of nitrogens with one attached hydrogen (secondary N) is 2. The number of halogens is 1. The summed E-state index contributed by atoms with van der Waals surface area (Å²) in [6.45, 7) is 2.06. The third-order valence-corrected chi connectivity index (χ3v) is 6.05. The zero-order valence-electron chi connectivity index (χ0n) is 17.9. The molecule has 0 fully saturated rings. The quantitative estimate of drug-likeness (QED) is 0.265. The molecule has 4 rings (SSSR count). The topological polar surface area (TPSA) is 67.0 Å². The van der Waals surface area contributed by atoms with Crippen molar-refractivity contribution in [1.82, 2.24) is 14.7 Å². The molecule has 5 nitrogen and oxygen atoms in total. The molecule has 2 aromatic heterocycles. The number of rotatable bonds is 8. The second-order valence-electron chi connectivity index (χ2n) is 7.35. The van der Waals surface area contributed by atoms with Crippen LogP contribution in [-0.2, 0) is 6.42 Å². The summed E-state index contributed by atoms with van der Waals surface area (Å²) in [6.07, 6.45) is 1.42. The minimum Gasteiger partial charge on any atom is -0.494 e. The number of ether oxygens (including phenoxy) is 1. The predicted molar refractivity (Wildman–Crippen MR) is 128 cm³/mol. The third-order valence-electron chi connectivity index (χ3n) is 5.11. The van der Waals surface area contributed by atoms with Crippen molar-refractivity contribution >= 4 is 28.8 Å². The van der Waals surface area contributed by atoms with Crippen molar-refractivity contribution in [3.63, 3.8) is 0 Å². The average Bonchev–Trinajstić information content (AvgIpc) is 3.16. The number of carbonyl (C=O) groups excluding carboxylic acids is 1. The van der Waals surface area contributed by atoms with E-state index in [0.29, 0.717) is 12.1 Å². The fourth-order valence-electron chi connectivity index (χ4n) is 3.60. The molecule has 0 saturated carbocycles. The molecule has 0 unspecified atom stereocenters. The van der Waals surface area contributed by atoms with Gasteiger partial charge in [-0.05, 0) is 35.7 Å². The lowest BCUT2D eigenvalue weighted by Gasteiger charge is -2.08. The highest BCUT2D eigenvalue weighted by Crippen LogP contribution is 2.35. The van der Waals surface area contributed by atoms with Crippen molar-refractivity contribution in [2.45, 2.75) is 19.8 Å². The zero-order valence-corrected chi connectivity index (χ0v) is 18.8. The van der Waals surface area contributed by atoms with E-state index < -0.39 is 5.82 Å². The Bertz CT molecular complexity index is 1240. The van der Waals surface area contributed by atoms with E-state index in [9.17, 15) is 9.18 Å². The van der Waals surface area contributed by atoms with Crippen LogP contribution in [0.15, 0.2) is 60.7 Å². The smallest absolute Gasteiger partial charge is 0.279 e. The monoisotopic (exact) mass is 449 g/mol. The Kier molecular flexibility index (Phi) is 6.75. The Morgan fingerprint density at radius 2 is 1.97 bits per heavy atom. The molecular formula is C25H24FN3O2S. The van der Waals surface area contributed by atoms with Gasteiger partial charge in [0.1, 0.15) is 5.69 Å². The number of H-pyrrole nitrogens is 1. The maximum atomic E-state index is 14.6. The summed E-state index contributed by atoms with van der Waals surface area (Å²) >= 11 is 1.38. The highest BCUT2D eigenvalue weighted by atomic mass is 32.2. The van der Waals surface area contributed by atoms with Gasteiger partial charge in [-0.2, -0.15) is 0 Å². The van der Waals surface area contributed by atoms with Gasteiger partial charge >= 0.3 is 0 Å². The first-order valence-electron chi connectivity index (χ1n) is 10.4. The number of hydrogen-bond acceptors (Lipinski definition) is 4. The number of methoxy groups -OCH3 is 1. The lowest BCUT2D eigenvalue weighted by molar-refractivity contribution is 0.0979. The maximum absolute atomic E-state index is 14.6. The Balaban J connectivity index is 1.74. The average molecular weight is 450 g/mol. The Hall–Kier alpha value is -3.32. The molecule has 1 amide bonds. The maximum Gasteiger partial charge on any atom is 0.279 e. The second-order valence-corrected chi connectivity index (χ2v) is 8.25. The van der Waals surface area contributed by atoms with Crippen LogP contribution >= 0.6 is 11.9 Å². The number of amides is 1. The minimum atomic E-state index is -0.422. The van der Waals surface area contributed by atoms with Crippen LogP contribution in [0.3, 0.4) is 0 Å². The van der Waals surface area contributed by atoms with Crippen LogP contribution in [-0.4, -0.2) is 28.7 Å². The first-order chi connectivity index (χ1) is 15.6. The van der Waals surface area contributed by atoms with Crippen molar-refractivity contribution in [2.24, 2.45) is 0 Å². The molecule has 2 heterocycles. The summed E-state index contributed by atoms with van der Waals surface area (Å²) in [7, 11) is 1.45. The van der Waals surface area contributed by atoms with E-state index in [4.69, 9.17) is 4.74 Å². The summed E-state index contributed by atoms with van der Waals surface area (Å²) < 4.78 is 22.5. The lowest BCUT2D eigenvalue weighted by atomic mass is 10.0. The Morgan fingerprint density at radius 3 is 2.72 bits per heavy atom. The molecular weight excluding hydrogens is 425 g/mol. The number of aromatic amines is 1. The number of nitrogens with zero attached hydrogens (tertiary/aromatic N) is 1. The molecule has 0 radical (unpaired) electrons. The van der Waals surface area contributed by atoms with Crippen LogP contribution in [0, 0.1) is 5.82 Å². The number of pyridine rings is 1. The molecule has 2 N–H and O–H groups in total. The van der Waals surface area contributed by atoms with Gasteiger partial charge in [-0.3, -0.25) is 9.52 Å². The molecule has 0 aliphatic heterocycles. The molecule has 0 bridgehead atoms. The summed E-state index contributed by atoms with van der Waals surface area (Å²) in [5.41, 5.74) is 4.67. The molecule has 0 atom stereocenters. The SMILES string of the molecule is CCCSNC(=O)c1cccc(Cc2c(-c3ccccc3)[nH]c3cc(OC)c(F)cc23)n1. The standard InChI is InChI=1S/C25H24FN3O2S/c1-3-12-32-29-25(30)21-11-7-10-17(27-21)13-19-18-14-20(26)23(31-2)15-22(18)28-24(19)16-8-5-4-6-9-16/h4-11,14-15,28H,3,12-13H2,1-2H3,(H,29,30). The minimum absolute atomic E-state index is 0.186. The first-order valence-corrected chi connectivity index (χ1v) is 11.4. The van der Waals surface area contributed by atoms with Crippen molar-refractivity contribution in [2.75, 3.05) is 12.9 Å². The number of carbonyl (C=O) groups is 1. The molecule has 32 heavy (non-hydrogen) atoms. The van der Waals surface area contributed by atoms with Crippen molar-refractivity contribution < 1.29 is 13.9 Å². The van der Waals surface area contributed by atoms with E-state index >= 15 is 0 Å². The second kappa shape index (κ2) is 9.87. The largest absolute Gasteiger partial charge is 0.494 e. The van der Waals surface area contributed by atoms with E-state index in [1.54, 1.807) is 12.1 Å². The van der Waals surface area contributed by atoms with Gasteiger partial charge in [-0.15, -0.1) is 0 Å². The number of aromatic nitrogens is 2. The lowest BCUT2D eigenvalue weighted by Crippen LogP contribution is -2.18. The van der Waals surface area contributed by atoms with Crippen molar-refractivity contribution in [1.29, 1.82) is 0 Å². The number of hydrogen-bond donors (Lipinski definition) is 2. The van der Waals surface area contributed by atoms with E-state index in [0.717, 1.165) is 45.6 Å². The van der Waals surface area contributed by atoms with Gasteiger partial charge in [-0.1, -0.05) is 55.3 Å². The van der Waals surface area contributed by atoms with E-state index in [-0.39, 0.29) is 11.7 Å². The van der Waals surface area contributed by atoms with Crippen LogP contribution in [0.25, 0.3) is 22.2 Å². The van der Waals surface area contributed by atoms with E-state index in [2.05, 4.69) is 21.6 Å². The van der Waals surface area contributed by atoms with Gasteiger partial charge in [0.15, 0.2) is 11.6 Å². The summed E-state index contributed by atoms with van der Waals surface area (Å²) in [6, 6.07) is 18.4. The number of benzene rings is 2. The number of fused-ring (bicyclic) bond motifs is 1. The van der Waals surface area contributed by atoms with Gasteiger partial charge in [0.25, 0.3) is 5.91 Å². The van der Waals surface area contributed by atoms with Gasteiger partial charge in [-0.25, -0.2) is 9.37 Å². The zero-order chi connectivity index (χ0) is 22.5. The van der Waals surface area contributed by atoms with Crippen LogP contribution in [0.5, 0.6) is 5.75 Å². The molecule has 0 spiro atoms. The van der Waals surface area contributed by atoms with E-state index in [1.807, 2.05) is 42.5 Å². The molecule has 0 saturated heterocycles. The van der Waals surface area contributed by atoms with Crippen LogP contribution < -0.4 is 9.46 Å². The normalized spacial score (nSPS) is 11.0. The van der Waals surface area contributed by atoms with Crippen LogP contribution in [0.2, 0.25) is 0 Å². The first kappa shape index (κ1) is 21.9. The molecule has 0 aliphatic rings. The predicted octanol–water partition coefficient (Wildman–Crippen LogP) is 5.76. The molecule has 4 aromatic rings. The van der Waals surface area contributed by atoms with Crippen molar-refractivity contribution in [3.8, 4) is 17.0 Å². The molecule has 2 aromatic carbocycles. The molecule has 7 heteroatoms. The molecule has 0 aliphatic carbocycles. The van der Waals surface area contributed by atoms with E-state index in [1.165, 1.54) is 25.1 Å². The van der Waals surface area contributed by atoms with Gasteiger partial charge < -0.3 is 9.72 Å². The molecule has 164 valence electrons. The van der Waals surface area contributed by atoms with Gasteiger partial charge in [0.05, 0.1) is 18.3 Å². The van der Waals surface area contributed by atoms with Crippen molar-refractivity contribution in [3.05, 3.63) is 83.4 Å². The summed E-state index contributed by atoms with van der Waals surface area (Å²) in [4.78, 5) is 20.4. The summed E-state index contributed by atoms with van der Waals surface area (Å²) in [5.74, 6) is 0.388. The van der Waals surface area contributed by atoms with Crippen LogP contribution in [0.1, 0.15) is 35.1 Å². The third kappa shape index (κ3) is 4.62.